The van der Waals surface area contributed by atoms with E-state index in [9.17, 15) is 4.79 Å². The molecule has 1 heteroatoms. The highest BCUT2D eigenvalue weighted by Crippen LogP contribution is 2.42. The number of terminal acetylenes is 1. The summed E-state index contributed by atoms with van der Waals surface area (Å²) in [5, 5.41) is 0. The Morgan fingerprint density at radius 2 is 2.38 bits per heavy atom. The molecule has 0 heterocycles. The molecule has 1 saturated carbocycles. The van der Waals surface area contributed by atoms with Crippen LogP contribution in [0, 0.1) is 23.7 Å². The van der Waals surface area contributed by atoms with Crippen LogP contribution in [0.25, 0.3) is 0 Å². The van der Waals surface area contributed by atoms with E-state index in [0.29, 0.717) is 5.92 Å². The third-order valence-corrected chi connectivity index (χ3v) is 3.48. The van der Waals surface area contributed by atoms with E-state index in [2.05, 4.69) is 12.8 Å². The van der Waals surface area contributed by atoms with Crippen molar-refractivity contribution in [3.05, 3.63) is 0 Å². The first-order valence-electron chi connectivity index (χ1n) is 5.15. The molecule has 0 aromatic carbocycles. The van der Waals surface area contributed by atoms with E-state index in [0.717, 1.165) is 25.5 Å². The van der Waals surface area contributed by atoms with Crippen LogP contribution in [0.15, 0.2) is 0 Å². The molecule has 0 amide bonds. The van der Waals surface area contributed by atoms with Crippen molar-refractivity contribution in [1.82, 2.24) is 0 Å². The Morgan fingerprint density at radius 3 is 2.92 bits per heavy atom. The molecule has 1 nitrogen and oxygen atoms in total. The fourth-order valence-electron chi connectivity index (χ4n) is 2.35. The van der Waals surface area contributed by atoms with Crippen LogP contribution in [-0.4, -0.2) is 6.29 Å². The van der Waals surface area contributed by atoms with E-state index in [1.807, 2.05) is 0 Å². The predicted molar refractivity (Wildman–Crippen MR) is 54.2 cm³/mol. The second-order valence-electron chi connectivity index (χ2n) is 4.20. The van der Waals surface area contributed by atoms with Crippen LogP contribution < -0.4 is 0 Å². The van der Waals surface area contributed by atoms with Crippen molar-refractivity contribution in [2.24, 2.45) is 11.3 Å². The molecule has 72 valence electrons. The van der Waals surface area contributed by atoms with Crippen LogP contribution in [0.3, 0.4) is 0 Å². The van der Waals surface area contributed by atoms with Gasteiger partial charge < -0.3 is 4.79 Å². The van der Waals surface area contributed by atoms with Crippen molar-refractivity contribution in [2.75, 3.05) is 0 Å². The Hall–Kier alpha value is -0.770. The SMILES string of the molecule is C#CCCC1(C=O)CCCCC1C. The molecule has 13 heavy (non-hydrogen) atoms. The van der Waals surface area contributed by atoms with E-state index in [1.165, 1.54) is 19.3 Å². The molecule has 1 fully saturated rings. The molecule has 2 atom stereocenters. The van der Waals surface area contributed by atoms with Gasteiger partial charge in [-0.25, -0.2) is 0 Å². The summed E-state index contributed by atoms with van der Waals surface area (Å²) < 4.78 is 0. The molecule has 0 spiro atoms. The maximum absolute atomic E-state index is 11.1. The lowest BCUT2D eigenvalue weighted by Crippen LogP contribution is -2.33. The maximum atomic E-state index is 11.1. The van der Waals surface area contributed by atoms with Crippen molar-refractivity contribution >= 4 is 6.29 Å². The van der Waals surface area contributed by atoms with Gasteiger partial charge in [0.15, 0.2) is 0 Å². The average molecular weight is 178 g/mol. The van der Waals surface area contributed by atoms with Crippen molar-refractivity contribution in [2.45, 2.75) is 45.4 Å². The summed E-state index contributed by atoms with van der Waals surface area (Å²) in [5.41, 5.74) is -0.0926. The molecule has 0 bridgehead atoms. The molecule has 0 saturated heterocycles. The van der Waals surface area contributed by atoms with Gasteiger partial charge >= 0.3 is 0 Å². The maximum Gasteiger partial charge on any atom is 0.126 e. The topological polar surface area (TPSA) is 17.1 Å². The summed E-state index contributed by atoms with van der Waals surface area (Å²) >= 11 is 0. The molecule has 1 aliphatic carbocycles. The Kier molecular flexibility index (Phi) is 3.54. The van der Waals surface area contributed by atoms with Gasteiger partial charge in [-0.05, 0) is 25.2 Å². The van der Waals surface area contributed by atoms with Gasteiger partial charge in [-0.3, -0.25) is 0 Å². The van der Waals surface area contributed by atoms with Crippen molar-refractivity contribution in [3.8, 4) is 12.3 Å². The van der Waals surface area contributed by atoms with Crippen LogP contribution in [0.2, 0.25) is 0 Å². The second-order valence-corrected chi connectivity index (χ2v) is 4.20. The van der Waals surface area contributed by atoms with Gasteiger partial charge in [0.25, 0.3) is 0 Å². The average Bonchev–Trinajstić information content (AvgIpc) is 2.17. The summed E-state index contributed by atoms with van der Waals surface area (Å²) in [7, 11) is 0. The standard InChI is InChI=1S/C12H18O/c1-3-4-8-12(10-13)9-6-5-7-11(12)2/h1,10-11H,4-9H2,2H3. The molecule has 1 aliphatic rings. The van der Waals surface area contributed by atoms with Crippen LogP contribution in [0.5, 0.6) is 0 Å². The van der Waals surface area contributed by atoms with Gasteiger partial charge in [0, 0.05) is 11.8 Å². The summed E-state index contributed by atoms with van der Waals surface area (Å²) in [5.74, 6) is 3.16. The first kappa shape index (κ1) is 10.3. The Morgan fingerprint density at radius 1 is 1.62 bits per heavy atom. The van der Waals surface area contributed by atoms with Gasteiger partial charge in [-0.1, -0.05) is 19.8 Å². The van der Waals surface area contributed by atoms with E-state index in [-0.39, 0.29) is 5.41 Å². The number of rotatable bonds is 3. The first-order valence-corrected chi connectivity index (χ1v) is 5.15. The van der Waals surface area contributed by atoms with E-state index in [4.69, 9.17) is 6.42 Å². The minimum absolute atomic E-state index is 0.0926. The smallest absolute Gasteiger partial charge is 0.126 e. The Balaban J connectivity index is 2.65. The molecular formula is C12H18O. The Bertz CT molecular complexity index is 214. The fraction of sp³-hybridized carbons (Fsp3) is 0.750. The highest BCUT2D eigenvalue weighted by Gasteiger charge is 2.37. The zero-order valence-electron chi connectivity index (χ0n) is 8.38. The monoisotopic (exact) mass is 178 g/mol. The minimum atomic E-state index is -0.0926. The number of carbonyl (C=O) groups is 1. The van der Waals surface area contributed by atoms with Gasteiger partial charge in [0.2, 0.25) is 0 Å². The summed E-state index contributed by atoms with van der Waals surface area (Å²) in [6, 6.07) is 0. The molecule has 0 radical (unpaired) electrons. The molecular weight excluding hydrogens is 160 g/mol. The van der Waals surface area contributed by atoms with Crippen LogP contribution in [0.1, 0.15) is 45.4 Å². The molecule has 2 unspecified atom stereocenters. The zero-order chi connectivity index (χ0) is 9.73. The van der Waals surface area contributed by atoms with E-state index >= 15 is 0 Å². The molecule has 0 aliphatic heterocycles. The number of hydrogen-bond donors (Lipinski definition) is 0. The van der Waals surface area contributed by atoms with Gasteiger partial charge in [0.05, 0.1) is 0 Å². The summed E-state index contributed by atoms with van der Waals surface area (Å²) in [4.78, 5) is 11.1. The highest BCUT2D eigenvalue weighted by atomic mass is 16.1. The number of hydrogen-bond acceptors (Lipinski definition) is 1. The first-order chi connectivity index (χ1) is 6.25. The minimum Gasteiger partial charge on any atom is -0.303 e. The summed E-state index contributed by atoms with van der Waals surface area (Å²) in [6.45, 7) is 2.18. The molecule has 0 N–H and O–H groups in total. The van der Waals surface area contributed by atoms with Crippen LogP contribution >= 0.6 is 0 Å². The lowest BCUT2D eigenvalue weighted by molar-refractivity contribution is -0.121. The Labute approximate surface area is 80.9 Å². The fourth-order valence-corrected chi connectivity index (χ4v) is 2.35. The lowest BCUT2D eigenvalue weighted by atomic mass is 9.65. The van der Waals surface area contributed by atoms with E-state index < -0.39 is 0 Å². The van der Waals surface area contributed by atoms with Crippen molar-refractivity contribution in [1.29, 1.82) is 0 Å². The van der Waals surface area contributed by atoms with Crippen LogP contribution in [0.4, 0.5) is 0 Å². The number of carbonyl (C=O) groups excluding carboxylic acids is 1. The molecule has 0 aromatic rings. The lowest BCUT2D eigenvalue weighted by Gasteiger charge is -2.37. The molecule has 1 rings (SSSR count). The largest absolute Gasteiger partial charge is 0.303 e. The van der Waals surface area contributed by atoms with Crippen LogP contribution in [-0.2, 0) is 4.79 Å². The normalized spacial score (nSPS) is 33.7. The van der Waals surface area contributed by atoms with Gasteiger partial charge in [-0.15, -0.1) is 12.3 Å². The van der Waals surface area contributed by atoms with Crippen molar-refractivity contribution < 1.29 is 4.79 Å². The van der Waals surface area contributed by atoms with Crippen molar-refractivity contribution in [3.63, 3.8) is 0 Å². The second kappa shape index (κ2) is 4.46. The van der Waals surface area contributed by atoms with Gasteiger partial charge in [-0.2, -0.15) is 0 Å². The number of aldehydes is 1. The van der Waals surface area contributed by atoms with Gasteiger partial charge in [0.1, 0.15) is 6.29 Å². The third kappa shape index (κ3) is 2.12. The third-order valence-electron chi connectivity index (χ3n) is 3.48. The summed E-state index contributed by atoms with van der Waals surface area (Å²) in [6.07, 6.45) is 12.7. The molecule has 0 aromatic heterocycles. The highest BCUT2D eigenvalue weighted by molar-refractivity contribution is 5.60. The quantitative estimate of drug-likeness (QED) is 0.480. The van der Waals surface area contributed by atoms with E-state index in [1.54, 1.807) is 0 Å². The predicted octanol–water partition coefficient (Wildman–Crippen LogP) is 2.80. The zero-order valence-corrected chi connectivity index (χ0v) is 8.38.